The molecule has 0 aromatic carbocycles. The highest BCUT2D eigenvalue weighted by molar-refractivity contribution is 5.83. The number of carbonyl (C=O) groups is 1. The summed E-state index contributed by atoms with van der Waals surface area (Å²) in [5.74, 6) is 1.03. The van der Waals surface area contributed by atoms with E-state index in [0.29, 0.717) is 11.2 Å². The SMILES string of the molecule is CCC(C)C(=O)C(C)C1(CC)CCCC1. The third-order valence-electron chi connectivity index (χ3n) is 4.75. The van der Waals surface area contributed by atoms with E-state index in [9.17, 15) is 4.79 Å². The topological polar surface area (TPSA) is 17.1 Å². The van der Waals surface area contributed by atoms with E-state index in [0.717, 1.165) is 6.42 Å². The fraction of sp³-hybridized carbons (Fsp3) is 0.929. The highest BCUT2D eigenvalue weighted by atomic mass is 16.1. The van der Waals surface area contributed by atoms with Gasteiger partial charge in [0.1, 0.15) is 5.78 Å². The van der Waals surface area contributed by atoms with Crippen LogP contribution < -0.4 is 0 Å². The maximum atomic E-state index is 12.2. The molecule has 0 aromatic rings. The Morgan fingerprint density at radius 2 is 1.73 bits per heavy atom. The first-order valence-electron chi connectivity index (χ1n) is 6.61. The summed E-state index contributed by atoms with van der Waals surface area (Å²) in [5, 5.41) is 0. The number of Topliss-reactive ketones (excluding diaryl/α,β-unsaturated/α-hetero) is 1. The summed E-state index contributed by atoms with van der Waals surface area (Å²) in [4.78, 5) is 12.2. The van der Waals surface area contributed by atoms with Gasteiger partial charge in [-0.3, -0.25) is 4.79 Å². The molecule has 2 atom stereocenters. The van der Waals surface area contributed by atoms with Gasteiger partial charge in [0, 0.05) is 11.8 Å². The minimum atomic E-state index is 0.254. The molecular weight excluding hydrogens is 184 g/mol. The van der Waals surface area contributed by atoms with Gasteiger partial charge < -0.3 is 0 Å². The molecule has 0 radical (unpaired) electrons. The van der Waals surface area contributed by atoms with Crippen molar-refractivity contribution in [1.82, 2.24) is 0 Å². The van der Waals surface area contributed by atoms with Gasteiger partial charge in [-0.2, -0.15) is 0 Å². The molecule has 0 spiro atoms. The molecule has 15 heavy (non-hydrogen) atoms. The van der Waals surface area contributed by atoms with Gasteiger partial charge in [0.2, 0.25) is 0 Å². The van der Waals surface area contributed by atoms with Gasteiger partial charge in [0.15, 0.2) is 0 Å². The molecule has 1 nitrogen and oxygen atoms in total. The maximum Gasteiger partial charge on any atom is 0.139 e. The third-order valence-corrected chi connectivity index (χ3v) is 4.75. The molecule has 0 amide bonds. The zero-order chi connectivity index (χ0) is 11.5. The van der Waals surface area contributed by atoms with Crippen LogP contribution in [-0.4, -0.2) is 5.78 Å². The number of rotatable bonds is 5. The fourth-order valence-corrected chi connectivity index (χ4v) is 3.10. The van der Waals surface area contributed by atoms with Crippen molar-refractivity contribution >= 4 is 5.78 Å². The minimum absolute atomic E-state index is 0.254. The summed E-state index contributed by atoms with van der Waals surface area (Å²) in [6, 6.07) is 0. The van der Waals surface area contributed by atoms with Crippen molar-refractivity contribution in [3.63, 3.8) is 0 Å². The molecule has 0 heterocycles. The molecule has 2 unspecified atom stereocenters. The van der Waals surface area contributed by atoms with Gasteiger partial charge in [0.05, 0.1) is 0 Å². The number of hydrogen-bond donors (Lipinski definition) is 0. The Morgan fingerprint density at radius 3 is 2.13 bits per heavy atom. The summed E-state index contributed by atoms with van der Waals surface area (Å²) in [7, 11) is 0. The summed E-state index contributed by atoms with van der Waals surface area (Å²) in [6.07, 6.45) is 7.36. The van der Waals surface area contributed by atoms with E-state index < -0.39 is 0 Å². The van der Waals surface area contributed by atoms with Gasteiger partial charge in [-0.15, -0.1) is 0 Å². The van der Waals surface area contributed by atoms with Crippen LogP contribution >= 0.6 is 0 Å². The predicted octanol–water partition coefficient (Wildman–Crippen LogP) is 4.21. The normalized spacial score (nSPS) is 23.7. The smallest absolute Gasteiger partial charge is 0.139 e. The average Bonchev–Trinajstić information content (AvgIpc) is 2.75. The lowest BCUT2D eigenvalue weighted by molar-refractivity contribution is -0.130. The maximum absolute atomic E-state index is 12.2. The first-order valence-corrected chi connectivity index (χ1v) is 6.61. The van der Waals surface area contributed by atoms with Crippen molar-refractivity contribution in [2.24, 2.45) is 17.3 Å². The average molecular weight is 210 g/mol. The molecule has 0 bridgehead atoms. The minimum Gasteiger partial charge on any atom is -0.299 e. The molecule has 1 aliphatic rings. The van der Waals surface area contributed by atoms with Gasteiger partial charge in [-0.1, -0.05) is 40.5 Å². The second-order valence-corrected chi connectivity index (χ2v) is 5.36. The van der Waals surface area contributed by atoms with Gasteiger partial charge in [0.25, 0.3) is 0 Å². The molecule has 1 aliphatic carbocycles. The Morgan fingerprint density at radius 1 is 1.20 bits per heavy atom. The fourth-order valence-electron chi connectivity index (χ4n) is 3.10. The van der Waals surface area contributed by atoms with E-state index in [1.807, 2.05) is 0 Å². The van der Waals surface area contributed by atoms with Crippen LogP contribution in [0.3, 0.4) is 0 Å². The zero-order valence-electron chi connectivity index (χ0n) is 10.8. The van der Waals surface area contributed by atoms with E-state index in [4.69, 9.17) is 0 Å². The number of ketones is 1. The molecule has 1 saturated carbocycles. The van der Waals surface area contributed by atoms with Crippen LogP contribution in [0.15, 0.2) is 0 Å². The molecule has 1 fully saturated rings. The van der Waals surface area contributed by atoms with Crippen molar-refractivity contribution in [3.05, 3.63) is 0 Å². The van der Waals surface area contributed by atoms with Crippen molar-refractivity contribution in [1.29, 1.82) is 0 Å². The molecule has 0 aromatic heterocycles. The third kappa shape index (κ3) is 2.43. The molecule has 0 N–H and O–H groups in total. The Labute approximate surface area is 94.6 Å². The molecular formula is C14H26O. The Kier molecular flexibility index (Phi) is 4.36. The lowest BCUT2D eigenvalue weighted by atomic mass is 9.69. The summed E-state index contributed by atoms with van der Waals surface area (Å²) < 4.78 is 0. The largest absolute Gasteiger partial charge is 0.299 e. The van der Waals surface area contributed by atoms with E-state index in [1.165, 1.54) is 32.1 Å². The lowest BCUT2D eigenvalue weighted by Crippen LogP contribution is -2.34. The number of hydrogen-bond acceptors (Lipinski definition) is 1. The Bertz CT molecular complexity index is 213. The lowest BCUT2D eigenvalue weighted by Gasteiger charge is -2.35. The predicted molar refractivity (Wildman–Crippen MR) is 64.8 cm³/mol. The molecule has 1 heteroatoms. The molecule has 0 aliphatic heterocycles. The van der Waals surface area contributed by atoms with Crippen molar-refractivity contribution in [2.75, 3.05) is 0 Å². The van der Waals surface area contributed by atoms with Crippen LogP contribution in [0.2, 0.25) is 0 Å². The molecule has 1 rings (SSSR count). The van der Waals surface area contributed by atoms with Gasteiger partial charge >= 0.3 is 0 Å². The van der Waals surface area contributed by atoms with Crippen LogP contribution in [0, 0.1) is 17.3 Å². The Hall–Kier alpha value is -0.330. The van der Waals surface area contributed by atoms with Crippen molar-refractivity contribution in [2.45, 2.75) is 66.2 Å². The molecule has 88 valence electrons. The highest BCUT2D eigenvalue weighted by Gasteiger charge is 2.41. The summed E-state index contributed by atoms with van der Waals surface area (Å²) in [6.45, 7) is 8.62. The van der Waals surface area contributed by atoms with E-state index >= 15 is 0 Å². The highest BCUT2D eigenvalue weighted by Crippen LogP contribution is 2.47. The quantitative estimate of drug-likeness (QED) is 0.664. The van der Waals surface area contributed by atoms with Gasteiger partial charge in [-0.05, 0) is 31.1 Å². The first-order chi connectivity index (χ1) is 7.07. The van der Waals surface area contributed by atoms with Crippen molar-refractivity contribution < 1.29 is 4.79 Å². The summed E-state index contributed by atoms with van der Waals surface area (Å²) in [5.41, 5.74) is 0.348. The van der Waals surface area contributed by atoms with Crippen LogP contribution in [0.25, 0.3) is 0 Å². The van der Waals surface area contributed by atoms with E-state index in [1.54, 1.807) is 0 Å². The van der Waals surface area contributed by atoms with E-state index in [2.05, 4.69) is 27.7 Å². The monoisotopic (exact) mass is 210 g/mol. The second kappa shape index (κ2) is 5.14. The Balaban J connectivity index is 2.72. The van der Waals surface area contributed by atoms with Crippen LogP contribution in [0.1, 0.15) is 66.2 Å². The van der Waals surface area contributed by atoms with E-state index in [-0.39, 0.29) is 11.8 Å². The van der Waals surface area contributed by atoms with Crippen LogP contribution in [0.4, 0.5) is 0 Å². The zero-order valence-corrected chi connectivity index (χ0v) is 10.8. The standard InChI is InChI=1S/C14H26O/c1-5-11(3)13(15)12(4)14(6-2)9-7-8-10-14/h11-12H,5-10H2,1-4H3. The second-order valence-electron chi connectivity index (χ2n) is 5.36. The van der Waals surface area contributed by atoms with Crippen molar-refractivity contribution in [3.8, 4) is 0 Å². The van der Waals surface area contributed by atoms with Crippen LogP contribution in [0.5, 0.6) is 0 Å². The number of carbonyl (C=O) groups excluding carboxylic acids is 1. The van der Waals surface area contributed by atoms with Crippen LogP contribution in [-0.2, 0) is 4.79 Å². The van der Waals surface area contributed by atoms with Gasteiger partial charge in [-0.25, -0.2) is 0 Å². The molecule has 0 saturated heterocycles. The summed E-state index contributed by atoms with van der Waals surface area (Å²) >= 11 is 0. The first kappa shape index (κ1) is 12.7.